The number of carbonyl (C=O) groups excluding carboxylic acids is 1. The van der Waals surface area contributed by atoms with Crippen molar-refractivity contribution in [3.63, 3.8) is 0 Å². The Morgan fingerprint density at radius 3 is 2.72 bits per heavy atom. The zero-order valence-corrected chi connectivity index (χ0v) is 11.4. The van der Waals surface area contributed by atoms with Crippen LogP contribution in [0, 0.1) is 0 Å². The van der Waals surface area contributed by atoms with Crippen molar-refractivity contribution in [2.75, 3.05) is 6.54 Å². The third-order valence-corrected chi connectivity index (χ3v) is 3.74. The first kappa shape index (κ1) is 13.4. The van der Waals surface area contributed by atoms with Crippen LogP contribution in [0.4, 0.5) is 0 Å². The van der Waals surface area contributed by atoms with Crippen molar-refractivity contribution >= 4 is 17.5 Å². The van der Waals surface area contributed by atoms with Gasteiger partial charge in [-0.3, -0.25) is 4.79 Å². The quantitative estimate of drug-likeness (QED) is 0.883. The Bertz CT molecular complexity index is 410. The van der Waals surface area contributed by atoms with Crippen molar-refractivity contribution < 1.29 is 4.79 Å². The van der Waals surface area contributed by atoms with E-state index in [1.807, 2.05) is 31.2 Å². The molecule has 1 atom stereocenters. The molecule has 3 nitrogen and oxygen atoms in total. The second-order valence-electron chi connectivity index (χ2n) is 5.03. The van der Waals surface area contributed by atoms with Crippen molar-refractivity contribution in [2.24, 2.45) is 0 Å². The molecule has 1 amide bonds. The first-order valence-electron chi connectivity index (χ1n) is 6.38. The van der Waals surface area contributed by atoms with Gasteiger partial charge in [0.05, 0.1) is 5.54 Å². The molecule has 0 aromatic heterocycles. The molecule has 1 heterocycles. The maximum Gasteiger partial charge on any atom is 0.240 e. The van der Waals surface area contributed by atoms with Gasteiger partial charge in [0.25, 0.3) is 0 Å². The Labute approximate surface area is 113 Å². The van der Waals surface area contributed by atoms with E-state index in [2.05, 4.69) is 10.6 Å². The van der Waals surface area contributed by atoms with Gasteiger partial charge in [-0.25, -0.2) is 0 Å². The molecule has 1 aromatic carbocycles. The van der Waals surface area contributed by atoms with Crippen molar-refractivity contribution in [1.29, 1.82) is 0 Å². The first-order valence-corrected chi connectivity index (χ1v) is 6.76. The molecule has 1 unspecified atom stereocenters. The number of hydrogen-bond donors (Lipinski definition) is 2. The summed E-state index contributed by atoms with van der Waals surface area (Å²) < 4.78 is 0. The second kappa shape index (κ2) is 5.72. The normalized spacial score (nSPS) is 23.7. The van der Waals surface area contributed by atoms with E-state index in [9.17, 15) is 4.79 Å². The van der Waals surface area contributed by atoms with Crippen LogP contribution >= 0.6 is 11.6 Å². The van der Waals surface area contributed by atoms with E-state index in [4.69, 9.17) is 11.6 Å². The van der Waals surface area contributed by atoms with Gasteiger partial charge >= 0.3 is 0 Å². The monoisotopic (exact) mass is 266 g/mol. The molecule has 1 saturated heterocycles. The van der Waals surface area contributed by atoms with E-state index < -0.39 is 5.54 Å². The van der Waals surface area contributed by atoms with Crippen LogP contribution in [0.5, 0.6) is 0 Å². The van der Waals surface area contributed by atoms with Crippen LogP contribution in [-0.2, 0) is 11.3 Å². The highest BCUT2D eigenvalue weighted by Gasteiger charge is 2.33. The van der Waals surface area contributed by atoms with E-state index in [0.29, 0.717) is 11.6 Å². The van der Waals surface area contributed by atoms with Crippen molar-refractivity contribution in [1.82, 2.24) is 10.6 Å². The van der Waals surface area contributed by atoms with Crippen LogP contribution in [0.25, 0.3) is 0 Å². The summed E-state index contributed by atoms with van der Waals surface area (Å²) in [5, 5.41) is 7.01. The maximum atomic E-state index is 12.2. The fourth-order valence-corrected chi connectivity index (χ4v) is 2.36. The Hall–Kier alpha value is -1.06. The van der Waals surface area contributed by atoms with Gasteiger partial charge in [-0.1, -0.05) is 23.7 Å². The molecule has 1 fully saturated rings. The SMILES string of the molecule is CC1(C(=O)NCc2ccc(Cl)cc2)CCCCN1. The lowest BCUT2D eigenvalue weighted by atomic mass is 9.90. The lowest BCUT2D eigenvalue weighted by Gasteiger charge is -2.33. The van der Waals surface area contributed by atoms with Crippen LogP contribution in [-0.4, -0.2) is 18.0 Å². The van der Waals surface area contributed by atoms with E-state index >= 15 is 0 Å². The van der Waals surface area contributed by atoms with Gasteiger partial charge in [-0.2, -0.15) is 0 Å². The van der Waals surface area contributed by atoms with Gasteiger partial charge in [-0.05, 0) is 50.4 Å². The van der Waals surface area contributed by atoms with E-state index in [1.54, 1.807) is 0 Å². The summed E-state index contributed by atoms with van der Waals surface area (Å²) in [6.07, 6.45) is 3.16. The number of carbonyl (C=O) groups is 1. The van der Waals surface area contributed by atoms with Crippen LogP contribution in [0.15, 0.2) is 24.3 Å². The Balaban J connectivity index is 1.89. The minimum atomic E-state index is -0.412. The molecule has 4 heteroatoms. The minimum Gasteiger partial charge on any atom is -0.350 e. The highest BCUT2D eigenvalue weighted by atomic mass is 35.5. The summed E-state index contributed by atoms with van der Waals surface area (Å²) >= 11 is 5.82. The summed E-state index contributed by atoms with van der Waals surface area (Å²) in [6, 6.07) is 7.53. The van der Waals surface area contributed by atoms with E-state index in [-0.39, 0.29) is 5.91 Å². The molecule has 1 aliphatic rings. The molecule has 0 bridgehead atoms. The first-order chi connectivity index (χ1) is 8.60. The zero-order valence-electron chi connectivity index (χ0n) is 10.6. The highest BCUT2D eigenvalue weighted by Crippen LogP contribution is 2.19. The average Bonchev–Trinajstić information content (AvgIpc) is 2.38. The molecule has 0 radical (unpaired) electrons. The predicted octanol–water partition coefficient (Wildman–Crippen LogP) is 2.49. The molecule has 0 aliphatic carbocycles. The average molecular weight is 267 g/mol. The largest absolute Gasteiger partial charge is 0.350 e. The number of benzene rings is 1. The fraction of sp³-hybridized carbons (Fsp3) is 0.500. The molecular weight excluding hydrogens is 248 g/mol. The van der Waals surface area contributed by atoms with Gasteiger partial charge in [0.15, 0.2) is 0 Å². The molecule has 98 valence electrons. The smallest absolute Gasteiger partial charge is 0.240 e. The lowest BCUT2D eigenvalue weighted by molar-refractivity contribution is -0.128. The summed E-state index contributed by atoms with van der Waals surface area (Å²) in [5.74, 6) is 0.0807. The van der Waals surface area contributed by atoms with E-state index in [1.165, 1.54) is 0 Å². The van der Waals surface area contributed by atoms with Gasteiger partial charge in [0, 0.05) is 11.6 Å². The molecular formula is C14H19ClN2O. The molecule has 0 spiro atoms. The lowest BCUT2D eigenvalue weighted by Crippen LogP contribution is -2.56. The molecule has 2 N–H and O–H groups in total. The van der Waals surface area contributed by atoms with Crippen molar-refractivity contribution in [3.05, 3.63) is 34.9 Å². The van der Waals surface area contributed by atoms with Gasteiger partial charge < -0.3 is 10.6 Å². The predicted molar refractivity (Wildman–Crippen MR) is 73.6 cm³/mol. The summed E-state index contributed by atoms with van der Waals surface area (Å²) in [7, 11) is 0. The molecule has 1 aromatic rings. The Morgan fingerprint density at radius 1 is 1.39 bits per heavy atom. The maximum absolute atomic E-state index is 12.2. The van der Waals surface area contributed by atoms with Gasteiger partial charge in [-0.15, -0.1) is 0 Å². The van der Waals surface area contributed by atoms with Gasteiger partial charge in [0.1, 0.15) is 0 Å². The third-order valence-electron chi connectivity index (χ3n) is 3.49. The highest BCUT2D eigenvalue weighted by molar-refractivity contribution is 6.30. The minimum absolute atomic E-state index is 0.0807. The van der Waals surface area contributed by atoms with E-state index in [0.717, 1.165) is 31.4 Å². The third kappa shape index (κ3) is 3.24. The number of piperidine rings is 1. The van der Waals surface area contributed by atoms with Crippen molar-refractivity contribution in [2.45, 2.75) is 38.3 Å². The zero-order chi connectivity index (χ0) is 13.0. The summed E-state index contributed by atoms with van der Waals surface area (Å²) in [4.78, 5) is 12.2. The number of rotatable bonds is 3. The molecule has 0 saturated carbocycles. The topological polar surface area (TPSA) is 41.1 Å². The summed E-state index contributed by atoms with van der Waals surface area (Å²) in [6.45, 7) is 3.45. The summed E-state index contributed by atoms with van der Waals surface area (Å²) in [5.41, 5.74) is 0.650. The Morgan fingerprint density at radius 2 is 2.11 bits per heavy atom. The molecule has 2 rings (SSSR count). The molecule has 18 heavy (non-hydrogen) atoms. The number of amides is 1. The Kier molecular flexibility index (Phi) is 4.25. The van der Waals surface area contributed by atoms with Crippen molar-refractivity contribution in [3.8, 4) is 0 Å². The standard InChI is InChI=1S/C14H19ClN2O/c1-14(8-2-3-9-17-14)13(18)16-10-11-4-6-12(15)7-5-11/h4-7,17H,2-3,8-10H2,1H3,(H,16,18). The number of nitrogens with one attached hydrogen (secondary N) is 2. The van der Waals surface area contributed by atoms with Crippen LogP contribution in [0.2, 0.25) is 5.02 Å². The molecule has 1 aliphatic heterocycles. The number of hydrogen-bond acceptors (Lipinski definition) is 2. The van der Waals surface area contributed by atoms with Crippen LogP contribution in [0.3, 0.4) is 0 Å². The fourth-order valence-electron chi connectivity index (χ4n) is 2.23. The van der Waals surface area contributed by atoms with Crippen LogP contribution in [0.1, 0.15) is 31.7 Å². The van der Waals surface area contributed by atoms with Gasteiger partial charge in [0.2, 0.25) is 5.91 Å². The second-order valence-corrected chi connectivity index (χ2v) is 5.46. The van der Waals surface area contributed by atoms with Crippen LogP contribution < -0.4 is 10.6 Å². The number of halogens is 1.